The van der Waals surface area contributed by atoms with Crippen LogP contribution in [0.1, 0.15) is 56.2 Å². The van der Waals surface area contributed by atoms with Crippen LogP contribution < -0.4 is 0 Å². The quantitative estimate of drug-likeness (QED) is 0.437. The second kappa shape index (κ2) is 9.21. The summed E-state index contributed by atoms with van der Waals surface area (Å²) in [5, 5.41) is 25.6. The third-order valence-corrected chi connectivity index (χ3v) is 6.49. The molecule has 4 aromatic rings. The van der Waals surface area contributed by atoms with Crippen LogP contribution in [0.2, 0.25) is 0 Å². The minimum atomic E-state index is -4.48. The highest BCUT2D eigenvalue weighted by molar-refractivity contribution is 5.92. The van der Waals surface area contributed by atoms with Gasteiger partial charge in [-0.15, -0.1) is 0 Å². The lowest BCUT2D eigenvalue weighted by Gasteiger charge is -2.25. The summed E-state index contributed by atoms with van der Waals surface area (Å²) in [5.74, 6) is 0. The van der Waals surface area contributed by atoms with Crippen molar-refractivity contribution in [3.8, 4) is 11.4 Å². The van der Waals surface area contributed by atoms with Crippen molar-refractivity contribution in [2.75, 3.05) is 13.1 Å². The summed E-state index contributed by atoms with van der Waals surface area (Å²) in [6, 6.07) is 4.97. The van der Waals surface area contributed by atoms with Crippen LogP contribution in [-0.2, 0) is 6.54 Å². The van der Waals surface area contributed by atoms with Crippen LogP contribution >= 0.6 is 0 Å². The number of pyridine rings is 2. The van der Waals surface area contributed by atoms with Crippen LogP contribution in [0.3, 0.4) is 0 Å². The first kappa shape index (κ1) is 23.7. The maximum atomic E-state index is 13.4. The van der Waals surface area contributed by atoms with Crippen LogP contribution in [0.15, 0.2) is 36.8 Å². The number of hydrogen-bond donors (Lipinski definition) is 2. The van der Waals surface area contributed by atoms with Crippen molar-refractivity contribution in [3.63, 3.8) is 0 Å². The van der Waals surface area contributed by atoms with Gasteiger partial charge in [-0.05, 0) is 37.5 Å². The topological polar surface area (TPSA) is 91.7 Å². The van der Waals surface area contributed by atoms with Gasteiger partial charge in [0.25, 0.3) is 0 Å². The van der Waals surface area contributed by atoms with Gasteiger partial charge in [0.2, 0.25) is 0 Å². The number of likely N-dealkylation sites (tertiary alicyclic amines) is 1. The molecule has 0 radical (unpaired) electrons. The van der Waals surface area contributed by atoms with E-state index in [2.05, 4.69) is 15.1 Å². The van der Waals surface area contributed by atoms with E-state index in [0.717, 1.165) is 30.4 Å². The summed E-state index contributed by atoms with van der Waals surface area (Å²) in [7, 11) is 0. The maximum Gasteiger partial charge on any atom is 0.408 e. The molecule has 0 spiro atoms. The molecule has 1 aliphatic rings. The van der Waals surface area contributed by atoms with Crippen LogP contribution in [0.25, 0.3) is 27.9 Å². The molecule has 2 atom stereocenters. The summed E-state index contributed by atoms with van der Waals surface area (Å²) >= 11 is 0. The Balaban J connectivity index is 1.63. The molecule has 5 heterocycles. The van der Waals surface area contributed by atoms with Crippen molar-refractivity contribution < 1.29 is 23.4 Å². The molecule has 2 unspecified atom stereocenters. The predicted molar refractivity (Wildman–Crippen MR) is 123 cm³/mol. The predicted octanol–water partition coefficient (Wildman–Crippen LogP) is 4.23. The van der Waals surface area contributed by atoms with Crippen LogP contribution in [0.4, 0.5) is 13.2 Å². The van der Waals surface area contributed by atoms with Crippen molar-refractivity contribution in [2.24, 2.45) is 0 Å². The standard InChI is InChI=1S/C24H27F3N6O2/c1-15(34)16-6-7-21-29-12-20(32(21)13-16)22-17-11-28-18(23(35)31-8-4-2-3-5-9-31)10-19(17)33(30-22)14-24(25,26)27/h6-7,10-13,15,23,34-35H,2-5,8-9,14H2,1H3. The van der Waals surface area contributed by atoms with Gasteiger partial charge in [-0.2, -0.15) is 18.3 Å². The van der Waals surface area contributed by atoms with Gasteiger partial charge in [0.1, 0.15) is 17.9 Å². The first-order valence-corrected chi connectivity index (χ1v) is 11.7. The highest BCUT2D eigenvalue weighted by Gasteiger charge is 2.31. The highest BCUT2D eigenvalue weighted by Crippen LogP contribution is 2.32. The third kappa shape index (κ3) is 4.75. The van der Waals surface area contributed by atoms with Crippen molar-refractivity contribution in [2.45, 2.75) is 57.7 Å². The Hall–Kier alpha value is -3.02. The second-order valence-corrected chi connectivity index (χ2v) is 9.08. The Bertz CT molecular complexity index is 1340. The number of rotatable bonds is 5. The van der Waals surface area contributed by atoms with Gasteiger partial charge in [0, 0.05) is 30.9 Å². The lowest BCUT2D eigenvalue weighted by atomic mass is 10.1. The molecule has 0 bridgehead atoms. The molecular weight excluding hydrogens is 461 g/mol. The SMILES string of the molecule is CC(O)c1ccc2ncc(-c3nn(CC(F)(F)F)c4cc(C(O)N5CCCCCC5)ncc34)n2c1. The van der Waals surface area contributed by atoms with E-state index >= 15 is 0 Å². The summed E-state index contributed by atoms with van der Waals surface area (Å²) in [6.07, 6.45) is 2.60. The lowest BCUT2D eigenvalue weighted by molar-refractivity contribution is -0.141. The third-order valence-electron chi connectivity index (χ3n) is 6.49. The van der Waals surface area contributed by atoms with Gasteiger partial charge in [0.15, 0.2) is 6.23 Å². The Labute approximate surface area is 199 Å². The van der Waals surface area contributed by atoms with E-state index in [4.69, 9.17) is 0 Å². The number of alkyl halides is 3. The number of nitrogens with zero attached hydrogens (tertiary/aromatic N) is 6. The zero-order valence-electron chi connectivity index (χ0n) is 19.3. The average Bonchev–Trinajstić information content (AvgIpc) is 3.26. The highest BCUT2D eigenvalue weighted by atomic mass is 19.4. The number of aliphatic hydroxyl groups is 2. The van der Waals surface area contributed by atoms with E-state index < -0.39 is 25.1 Å². The largest absolute Gasteiger partial charge is 0.408 e. The lowest BCUT2D eigenvalue weighted by Crippen LogP contribution is -2.30. The molecule has 0 amide bonds. The Morgan fingerprint density at radius 3 is 2.46 bits per heavy atom. The van der Waals surface area contributed by atoms with Crippen LogP contribution in [0, 0.1) is 0 Å². The fourth-order valence-corrected chi connectivity index (χ4v) is 4.65. The number of imidazole rings is 1. The first-order chi connectivity index (χ1) is 16.7. The van der Waals surface area contributed by atoms with E-state index in [9.17, 15) is 23.4 Å². The van der Waals surface area contributed by atoms with E-state index in [-0.39, 0.29) is 5.52 Å². The normalized spacial score (nSPS) is 17.7. The minimum absolute atomic E-state index is 0.234. The molecular formula is C24H27F3N6O2. The number of hydrogen-bond acceptors (Lipinski definition) is 6. The van der Waals surface area contributed by atoms with E-state index in [1.54, 1.807) is 35.9 Å². The maximum absolute atomic E-state index is 13.4. The van der Waals surface area contributed by atoms with Crippen molar-refractivity contribution >= 4 is 16.6 Å². The first-order valence-electron chi connectivity index (χ1n) is 11.7. The summed E-state index contributed by atoms with van der Waals surface area (Å²) < 4.78 is 42.9. The zero-order valence-corrected chi connectivity index (χ0v) is 19.3. The van der Waals surface area contributed by atoms with Crippen LogP contribution in [-0.4, -0.2) is 58.5 Å². The Morgan fingerprint density at radius 2 is 1.77 bits per heavy atom. The van der Waals surface area contributed by atoms with Gasteiger partial charge in [0.05, 0.1) is 29.2 Å². The molecule has 2 N–H and O–H groups in total. The molecule has 5 rings (SSSR count). The Kier molecular flexibility index (Phi) is 6.24. The molecule has 35 heavy (non-hydrogen) atoms. The number of aliphatic hydroxyl groups excluding tert-OH is 2. The molecule has 11 heteroatoms. The molecule has 8 nitrogen and oxygen atoms in total. The van der Waals surface area contributed by atoms with E-state index in [1.807, 2.05) is 4.90 Å². The smallest absolute Gasteiger partial charge is 0.389 e. The average molecular weight is 489 g/mol. The molecule has 4 aromatic heterocycles. The van der Waals surface area contributed by atoms with Gasteiger partial charge in [-0.3, -0.25) is 19.0 Å². The van der Waals surface area contributed by atoms with Crippen LogP contribution in [0.5, 0.6) is 0 Å². The van der Waals surface area contributed by atoms with Gasteiger partial charge < -0.3 is 10.2 Å². The summed E-state index contributed by atoms with van der Waals surface area (Å²) in [6.45, 7) is 1.78. The molecule has 0 saturated carbocycles. The fourth-order valence-electron chi connectivity index (χ4n) is 4.65. The molecule has 186 valence electrons. The summed E-state index contributed by atoms with van der Waals surface area (Å²) in [4.78, 5) is 10.7. The Morgan fingerprint density at radius 1 is 1.03 bits per heavy atom. The van der Waals surface area contributed by atoms with Gasteiger partial charge >= 0.3 is 6.18 Å². The van der Waals surface area contributed by atoms with Gasteiger partial charge in [-0.25, -0.2) is 4.98 Å². The fraction of sp³-hybridized carbons (Fsp3) is 0.458. The molecule has 0 aromatic carbocycles. The molecule has 0 aliphatic carbocycles. The van der Waals surface area contributed by atoms with Crippen molar-refractivity contribution in [3.05, 3.63) is 48.0 Å². The summed E-state index contributed by atoms with van der Waals surface area (Å²) in [5.41, 5.74) is 2.52. The minimum Gasteiger partial charge on any atom is -0.389 e. The number of aromatic nitrogens is 5. The monoisotopic (exact) mass is 488 g/mol. The molecule has 1 saturated heterocycles. The second-order valence-electron chi connectivity index (χ2n) is 9.08. The van der Waals surface area contributed by atoms with Crippen molar-refractivity contribution in [1.82, 2.24) is 29.0 Å². The van der Waals surface area contributed by atoms with Gasteiger partial charge in [-0.1, -0.05) is 18.9 Å². The molecule has 1 fully saturated rings. The van der Waals surface area contributed by atoms with E-state index in [0.29, 0.717) is 46.8 Å². The number of halogens is 3. The molecule has 1 aliphatic heterocycles. The zero-order chi connectivity index (χ0) is 24.7. The van der Waals surface area contributed by atoms with E-state index in [1.165, 1.54) is 12.3 Å². The van der Waals surface area contributed by atoms with Crippen molar-refractivity contribution in [1.29, 1.82) is 0 Å². The number of fused-ring (bicyclic) bond motifs is 2.